The normalized spacial score (nSPS) is 22.5. The van der Waals surface area contributed by atoms with E-state index in [4.69, 9.17) is 16.6 Å². The van der Waals surface area contributed by atoms with Crippen LogP contribution in [0.1, 0.15) is 32.5 Å². The van der Waals surface area contributed by atoms with Crippen molar-refractivity contribution >= 4 is 40.3 Å². The predicted molar refractivity (Wildman–Crippen MR) is 91.0 cm³/mol. The monoisotopic (exact) mass is 336 g/mol. The van der Waals surface area contributed by atoms with Crippen molar-refractivity contribution in [1.82, 2.24) is 9.91 Å². The number of thioether (sulfide) groups is 1. The first-order valence-electron chi connectivity index (χ1n) is 6.93. The Labute approximate surface area is 139 Å². The Hall–Kier alpha value is -1.53. The second-order valence-electron chi connectivity index (χ2n) is 5.71. The smallest absolute Gasteiger partial charge is 0.241 e. The molecule has 5 nitrogen and oxygen atoms in total. The quantitative estimate of drug-likeness (QED) is 0.790. The third-order valence-electron chi connectivity index (χ3n) is 3.72. The molecular weight excluding hydrogens is 320 g/mol. The summed E-state index contributed by atoms with van der Waals surface area (Å²) in [7, 11) is 0. The Morgan fingerprint density at radius 1 is 1.36 bits per heavy atom. The molecule has 2 heterocycles. The van der Waals surface area contributed by atoms with Crippen LogP contribution in [-0.2, 0) is 4.79 Å². The highest BCUT2D eigenvalue weighted by atomic mass is 35.5. The van der Waals surface area contributed by atoms with Crippen molar-refractivity contribution in [3.8, 4) is 0 Å². The molecule has 3 rings (SSSR count). The zero-order valence-corrected chi connectivity index (χ0v) is 14.4. The van der Waals surface area contributed by atoms with Gasteiger partial charge >= 0.3 is 0 Å². The number of hydrazone groups is 1. The molecule has 0 saturated carbocycles. The highest BCUT2D eigenvalue weighted by molar-refractivity contribution is 8.13. The molecule has 0 aromatic heterocycles. The first-order chi connectivity index (χ1) is 10.4. The fourth-order valence-corrected chi connectivity index (χ4v) is 3.66. The van der Waals surface area contributed by atoms with Crippen molar-refractivity contribution in [2.24, 2.45) is 10.1 Å². The summed E-state index contributed by atoms with van der Waals surface area (Å²) in [6.07, 6.45) is 1.59. The number of amides is 1. The lowest BCUT2D eigenvalue weighted by Crippen LogP contribution is -2.40. The van der Waals surface area contributed by atoms with Crippen LogP contribution < -0.4 is 0 Å². The molecule has 0 bridgehead atoms. The maximum atomic E-state index is 12.1. The van der Waals surface area contributed by atoms with Crippen LogP contribution in [-0.4, -0.2) is 38.6 Å². The Balaban J connectivity index is 2.15. The molecule has 0 saturated heterocycles. The molecule has 0 aliphatic carbocycles. The number of carbonyl (C=O) groups is 1. The minimum Gasteiger partial charge on any atom is -0.278 e. The number of amidine groups is 2. The second kappa shape index (κ2) is 5.28. The van der Waals surface area contributed by atoms with Crippen LogP contribution in [0.5, 0.6) is 0 Å². The number of aliphatic imine (C=N–C) groups is 1. The molecule has 1 aromatic carbocycles. The van der Waals surface area contributed by atoms with E-state index < -0.39 is 5.54 Å². The van der Waals surface area contributed by atoms with E-state index in [9.17, 15) is 4.79 Å². The average Bonchev–Trinajstić information content (AvgIpc) is 2.96. The summed E-state index contributed by atoms with van der Waals surface area (Å²) in [6, 6.07) is 7.53. The lowest BCUT2D eigenvalue weighted by atomic mass is 10.1. The van der Waals surface area contributed by atoms with Gasteiger partial charge in [-0.15, -0.1) is 0 Å². The molecule has 2 aliphatic rings. The van der Waals surface area contributed by atoms with Gasteiger partial charge in [0.15, 0.2) is 17.2 Å². The van der Waals surface area contributed by atoms with Crippen LogP contribution >= 0.6 is 23.4 Å². The molecule has 0 N–H and O–H groups in total. The fourth-order valence-electron chi connectivity index (χ4n) is 2.73. The van der Waals surface area contributed by atoms with E-state index in [0.29, 0.717) is 5.02 Å². The summed E-state index contributed by atoms with van der Waals surface area (Å²) >= 11 is 7.91. The number of fused-ring (bicyclic) bond motifs is 1. The summed E-state index contributed by atoms with van der Waals surface area (Å²) in [5.74, 6) is 0.653. The second-order valence-corrected chi connectivity index (χ2v) is 6.89. The number of halogens is 1. The largest absolute Gasteiger partial charge is 0.278 e. The van der Waals surface area contributed by atoms with Gasteiger partial charge in [-0.2, -0.15) is 5.10 Å². The Morgan fingerprint density at radius 3 is 2.64 bits per heavy atom. The topological polar surface area (TPSA) is 48.3 Å². The van der Waals surface area contributed by atoms with Crippen LogP contribution in [0.15, 0.2) is 34.4 Å². The molecule has 1 atom stereocenters. The minimum atomic E-state index is -0.456. The zero-order chi connectivity index (χ0) is 16.1. The number of rotatable bonds is 1. The van der Waals surface area contributed by atoms with Gasteiger partial charge in [0.1, 0.15) is 5.54 Å². The maximum Gasteiger partial charge on any atom is 0.241 e. The third-order valence-corrected chi connectivity index (χ3v) is 4.72. The lowest BCUT2D eigenvalue weighted by Gasteiger charge is -2.29. The maximum absolute atomic E-state index is 12.1. The van der Waals surface area contributed by atoms with Crippen LogP contribution in [0.25, 0.3) is 0 Å². The van der Waals surface area contributed by atoms with Crippen molar-refractivity contribution < 1.29 is 4.79 Å². The predicted octanol–water partition coefficient (Wildman–Crippen LogP) is 3.33. The molecule has 1 unspecified atom stereocenters. The average molecular weight is 337 g/mol. The molecule has 7 heteroatoms. The Bertz CT molecular complexity index is 701. The number of nitrogens with zero attached hydrogens (tertiary/aromatic N) is 4. The van der Waals surface area contributed by atoms with E-state index >= 15 is 0 Å². The van der Waals surface area contributed by atoms with Gasteiger partial charge in [-0.25, -0.2) is 10.0 Å². The fraction of sp³-hybridized carbons (Fsp3) is 0.400. The SMILES string of the molecule is CSC1=NC(C)(C)C2=NN(C(C)=O)C(c3ccccc3Cl)N12. The van der Waals surface area contributed by atoms with Gasteiger partial charge in [-0.1, -0.05) is 41.6 Å². The van der Waals surface area contributed by atoms with Crippen molar-refractivity contribution in [1.29, 1.82) is 0 Å². The molecule has 1 aromatic rings. The van der Waals surface area contributed by atoms with Gasteiger partial charge in [0.2, 0.25) is 5.91 Å². The van der Waals surface area contributed by atoms with Crippen LogP contribution in [0.3, 0.4) is 0 Å². The minimum absolute atomic E-state index is 0.122. The summed E-state index contributed by atoms with van der Waals surface area (Å²) in [5.41, 5.74) is 0.389. The van der Waals surface area contributed by atoms with Gasteiger partial charge in [-0.3, -0.25) is 9.69 Å². The van der Waals surface area contributed by atoms with Gasteiger partial charge in [0, 0.05) is 17.5 Å². The van der Waals surface area contributed by atoms with Crippen molar-refractivity contribution in [3.05, 3.63) is 34.9 Å². The van der Waals surface area contributed by atoms with Gasteiger partial charge in [0.05, 0.1) is 0 Å². The molecule has 116 valence electrons. The molecular formula is C15H17ClN4OS. The zero-order valence-electron chi connectivity index (χ0n) is 12.9. The molecule has 22 heavy (non-hydrogen) atoms. The van der Waals surface area contributed by atoms with Gasteiger partial charge < -0.3 is 0 Å². The molecule has 2 aliphatic heterocycles. The van der Waals surface area contributed by atoms with Crippen LogP contribution in [0.2, 0.25) is 5.02 Å². The van der Waals surface area contributed by atoms with E-state index in [0.717, 1.165) is 16.6 Å². The van der Waals surface area contributed by atoms with Gasteiger partial charge in [0.25, 0.3) is 0 Å². The lowest BCUT2D eigenvalue weighted by molar-refractivity contribution is -0.131. The third kappa shape index (κ3) is 2.21. The first kappa shape index (κ1) is 15.4. The van der Waals surface area contributed by atoms with Crippen molar-refractivity contribution in [2.45, 2.75) is 32.5 Å². The Morgan fingerprint density at radius 2 is 2.05 bits per heavy atom. The van der Waals surface area contributed by atoms with Gasteiger partial charge in [-0.05, 0) is 26.2 Å². The summed E-state index contributed by atoms with van der Waals surface area (Å²) in [6.45, 7) is 5.50. The van der Waals surface area contributed by atoms with E-state index in [1.807, 2.05) is 49.3 Å². The number of hydrogen-bond donors (Lipinski definition) is 0. The summed E-state index contributed by atoms with van der Waals surface area (Å²) < 4.78 is 0. The standard InChI is InChI=1S/C15H17ClN4OS/c1-9(21)20-12(10-7-5-6-8-11(10)16)19-13(18-20)15(2,3)17-14(19)22-4/h5-8,12H,1-4H3. The molecule has 0 spiro atoms. The van der Waals surface area contributed by atoms with Crippen molar-refractivity contribution in [3.63, 3.8) is 0 Å². The van der Waals surface area contributed by atoms with E-state index in [1.54, 1.807) is 11.8 Å². The van der Waals surface area contributed by atoms with Crippen LogP contribution in [0, 0.1) is 0 Å². The van der Waals surface area contributed by atoms with E-state index in [2.05, 4.69) is 5.10 Å². The van der Waals surface area contributed by atoms with E-state index in [-0.39, 0.29) is 12.1 Å². The Kier molecular flexibility index (Phi) is 3.69. The highest BCUT2D eigenvalue weighted by Crippen LogP contribution is 2.42. The molecule has 0 radical (unpaired) electrons. The van der Waals surface area contributed by atoms with E-state index in [1.165, 1.54) is 11.9 Å². The number of benzene rings is 1. The number of carbonyl (C=O) groups excluding carboxylic acids is 1. The first-order valence-corrected chi connectivity index (χ1v) is 8.53. The highest BCUT2D eigenvalue weighted by Gasteiger charge is 2.50. The summed E-state index contributed by atoms with van der Waals surface area (Å²) in [4.78, 5) is 18.8. The molecule has 1 amide bonds. The van der Waals surface area contributed by atoms with Crippen molar-refractivity contribution in [2.75, 3.05) is 6.26 Å². The molecule has 0 fully saturated rings. The summed E-state index contributed by atoms with van der Waals surface area (Å²) in [5, 5.41) is 7.48. The van der Waals surface area contributed by atoms with Crippen LogP contribution in [0.4, 0.5) is 0 Å². The number of hydrogen-bond acceptors (Lipinski definition) is 5.